The van der Waals surface area contributed by atoms with Crippen LogP contribution in [0.25, 0.3) is 10.9 Å². The number of hydrogen-bond donors (Lipinski definition) is 2. The molecule has 0 aliphatic heterocycles. The lowest BCUT2D eigenvalue weighted by Crippen LogP contribution is -2.34. The maximum absolute atomic E-state index is 12.7. The fourth-order valence-electron chi connectivity index (χ4n) is 3.20. The molecule has 0 aliphatic rings. The zero-order valence-corrected chi connectivity index (χ0v) is 16.4. The Balaban J connectivity index is 1.94. The minimum absolute atomic E-state index is 0.174. The van der Waals surface area contributed by atoms with Gasteiger partial charge in [0.25, 0.3) is 0 Å². The van der Waals surface area contributed by atoms with Crippen LogP contribution in [0.2, 0.25) is 5.02 Å². The number of anilines is 1. The maximum Gasteiger partial charge on any atom is 0.322 e. The normalized spacial score (nSPS) is 10.8. The van der Waals surface area contributed by atoms with Crippen molar-refractivity contribution in [2.24, 2.45) is 0 Å². The van der Waals surface area contributed by atoms with Gasteiger partial charge in [-0.2, -0.15) is 0 Å². The third kappa shape index (κ3) is 4.14. The molecule has 0 unspecified atom stereocenters. The van der Waals surface area contributed by atoms with E-state index in [0.717, 1.165) is 27.6 Å². The van der Waals surface area contributed by atoms with Crippen LogP contribution in [0.4, 0.5) is 10.5 Å². The molecular formula is C21H22ClN3O2. The predicted molar refractivity (Wildman–Crippen MR) is 111 cm³/mol. The van der Waals surface area contributed by atoms with E-state index in [0.29, 0.717) is 23.8 Å². The number of aromatic amines is 1. The molecule has 3 rings (SSSR count). The molecular weight excluding hydrogens is 362 g/mol. The van der Waals surface area contributed by atoms with Gasteiger partial charge >= 0.3 is 6.03 Å². The van der Waals surface area contributed by atoms with E-state index in [-0.39, 0.29) is 11.6 Å². The number of H-pyrrole nitrogens is 1. The summed E-state index contributed by atoms with van der Waals surface area (Å²) in [5, 5.41) is 4.27. The van der Waals surface area contributed by atoms with E-state index in [1.54, 1.807) is 23.1 Å². The summed E-state index contributed by atoms with van der Waals surface area (Å²) in [5.41, 5.74) is 4.13. The Bertz CT molecular complexity index is 1060. The van der Waals surface area contributed by atoms with Gasteiger partial charge < -0.3 is 15.2 Å². The van der Waals surface area contributed by atoms with E-state index >= 15 is 0 Å². The lowest BCUT2D eigenvalue weighted by molar-refractivity contribution is 0.212. The number of para-hydroxylation sites is 1. The number of carbonyl (C=O) groups excluding carboxylic acids is 1. The van der Waals surface area contributed by atoms with Crippen molar-refractivity contribution < 1.29 is 4.79 Å². The number of aryl methyl sites for hydroxylation is 2. The van der Waals surface area contributed by atoms with E-state index < -0.39 is 0 Å². The third-order valence-electron chi connectivity index (χ3n) is 4.52. The highest BCUT2D eigenvalue weighted by molar-refractivity contribution is 6.33. The molecule has 0 atom stereocenters. The van der Waals surface area contributed by atoms with Crippen LogP contribution < -0.4 is 10.9 Å². The molecule has 2 N–H and O–H groups in total. The predicted octanol–water partition coefficient (Wildman–Crippen LogP) is 4.85. The Morgan fingerprint density at radius 2 is 1.93 bits per heavy atom. The summed E-state index contributed by atoms with van der Waals surface area (Å²) in [6.07, 6.45) is 0. The van der Waals surface area contributed by atoms with E-state index in [2.05, 4.69) is 10.3 Å². The molecule has 0 bridgehead atoms. The van der Waals surface area contributed by atoms with Crippen LogP contribution in [0.15, 0.2) is 47.3 Å². The first-order chi connectivity index (χ1) is 12.9. The summed E-state index contributed by atoms with van der Waals surface area (Å²) in [4.78, 5) is 29.4. The average molecular weight is 384 g/mol. The van der Waals surface area contributed by atoms with E-state index in [4.69, 9.17) is 11.6 Å². The van der Waals surface area contributed by atoms with Gasteiger partial charge in [-0.05, 0) is 50.1 Å². The van der Waals surface area contributed by atoms with Crippen molar-refractivity contribution in [2.75, 3.05) is 11.9 Å². The van der Waals surface area contributed by atoms with Crippen molar-refractivity contribution >= 4 is 34.2 Å². The molecule has 0 aliphatic carbocycles. The zero-order chi connectivity index (χ0) is 19.6. The average Bonchev–Trinajstić information content (AvgIpc) is 2.62. The van der Waals surface area contributed by atoms with Gasteiger partial charge in [-0.1, -0.05) is 35.4 Å². The quantitative estimate of drug-likeness (QED) is 0.676. The second kappa shape index (κ2) is 7.84. The number of halogens is 1. The first-order valence-corrected chi connectivity index (χ1v) is 9.20. The van der Waals surface area contributed by atoms with Crippen molar-refractivity contribution in [3.05, 3.63) is 74.5 Å². The highest BCUT2D eigenvalue weighted by Gasteiger charge is 2.16. The smallest absolute Gasteiger partial charge is 0.322 e. The van der Waals surface area contributed by atoms with Crippen molar-refractivity contribution in [1.29, 1.82) is 0 Å². The lowest BCUT2D eigenvalue weighted by Gasteiger charge is -2.23. The van der Waals surface area contributed by atoms with Crippen LogP contribution in [0, 0.1) is 13.8 Å². The number of urea groups is 1. The molecule has 6 heteroatoms. The number of fused-ring (bicyclic) bond motifs is 1. The van der Waals surface area contributed by atoms with E-state index in [1.807, 2.05) is 45.0 Å². The van der Waals surface area contributed by atoms with Crippen LogP contribution in [-0.2, 0) is 6.54 Å². The number of hydrogen-bond acceptors (Lipinski definition) is 2. The number of pyridine rings is 1. The summed E-state index contributed by atoms with van der Waals surface area (Å²) in [7, 11) is 0. The van der Waals surface area contributed by atoms with Gasteiger partial charge in [-0.25, -0.2) is 4.79 Å². The minimum Gasteiger partial charge on any atom is -0.322 e. The second-order valence-corrected chi connectivity index (χ2v) is 6.99. The molecule has 2 aromatic carbocycles. The van der Waals surface area contributed by atoms with Gasteiger partial charge in [0.2, 0.25) is 5.56 Å². The minimum atomic E-state index is -0.261. The largest absolute Gasteiger partial charge is 0.322 e. The van der Waals surface area contributed by atoms with Crippen LogP contribution in [0.5, 0.6) is 0 Å². The molecule has 140 valence electrons. The van der Waals surface area contributed by atoms with Crippen molar-refractivity contribution in [3.8, 4) is 0 Å². The number of aromatic nitrogens is 1. The molecule has 1 heterocycles. The van der Waals surface area contributed by atoms with Gasteiger partial charge in [0.15, 0.2) is 0 Å². The van der Waals surface area contributed by atoms with Gasteiger partial charge in [-0.15, -0.1) is 0 Å². The fraction of sp³-hybridized carbons (Fsp3) is 0.238. The number of rotatable bonds is 4. The van der Waals surface area contributed by atoms with Crippen LogP contribution in [0.3, 0.4) is 0 Å². The Morgan fingerprint density at radius 3 is 2.63 bits per heavy atom. The summed E-state index contributed by atoms with van der Waals surface area (Å²) >= 11 is 6.13. The first kappa shape index (κ1) is 19.0. The molecule has 1 aromatic heterocycles. The summed E-state index contributed by atoms with van der Waals surface area (Å²) in [5.74, 6) is 0. The fourth-order valence-corrected chi connectivity index (χ4v) is 3.39. The molecule has 0 saturated carbocycles. The van der Waals surface area contributed by atoms with E-state index in [1.165, 1.54) is 0 Å². The third-order valence-corrected chi connectivity index (χ3v) is 4.85. The lowest BCUT2D eigenvalue weighted by atomic mass is 10.0. The molecule has 0 spiro atoms. The molecule has 5 nitrogen and oxygen atoms in total. The standard InChI is InChI=1S/C21H22ClN3O2/c1-4-25(21(27)23-18-8-6-5-7-17(18)22)12-15-11-19(26)24-20-14(3)9-13(2)10-16(15)20/h5-11H,4,12H2,1-3H3,(H,23,27)(H,24,26). The highest BCUT2D eigenvalue weighted by atomic mass is 35.5. The first-order valence-electron chi connectivity index (χ1n) is 8.82. The Hall–Kier alpha value is -2.79. The van der Waals surface area contributed by atoms with Crippen molar-refractivity contribution in [1.82, 2.24) is 9.88 Å². The van der Waals surface area contributed by atoms with E-state index in [9.17, 15) is 9.59 Å². The topological polar surface area (TPSA) is 65.2 Å². The number of benzene rings is 2. The van der Waals surface area contributed by atoms with Crippen LogP contribution in [0.1, 0.15) is 23.6 Å². The molecule has 2 amide bonds. The molecule has 0 saturated heterocycles. The number of amides is 2. The van der Waals surface area contributed by atoms with Crippen LogP contribution >= 0.6 is 11.6 Å². The zero-order valence-electron chi connectivity index (χ0n) is 15.6. The second-order valence-electron chi connectivity index (χ2n) is 6.59. The SMILES string of the molecule is CCN(Cc1cc(=O)[nH]c2c(C)cc(C)cc12)C(=O)Nc1ccccc1Cl. The van der Waals surface area contributed by atoms with Gasteiger partial charge in [0, 0.05) is 24.5 Å². The number of carbonyl (C=O) groups is 1. The molecule has 0 fully saturated rings. The molecule has 27 heavy (non-hydrogen) atoms. The Morgan fingerprint density at radius 1 is 1.19 bits per heavy atom. The summed E-state index contributed by atoms with van der Waals surface area (Å²) < 4.78 is 0. The van der Waals surface area contributed by atoms with Gasteiger partial charge in [0.05, 0.1) is 16.2 Å². The Labute approximate surface area is 163 Å². The summed E-state index contributed by atoms with van der Waals surface area (Å²) in [6.45, 7) is 6.71. The monoisotopic (exact) mass is 383 g/mol. The Kier molecular flexibility index (Phi) is 5.51. The highest BCUT2D eigenvalue weighted by Crippen LogP contribution is 2.23. The maximum atomic E-state index is 12.7. The number of nitrogens with one attached hydrogen (secondary N) is 2. The van der Waals surface area contributed by atoms with Crippen LogP contribution in [-0.4, -0.2) is 22.5 Å². The van der Waals surface area contributed by atoms with Gasteiger partial charge in [-0.3, -0.25) is 4.79 Å². The van der Waals surface area contributed by atoms with Gasteiger partial charge in [0.1, 0.15) is 0 Å². The van der Waals surface area contributed by atoms with Crippen molar-refractivity contribution in [2.45, 2.75) is 27.3 Å². The molecule has 0 radical (unpaired) electrons. The molecule has 3 aromatic rings. The number of nitrogens with zero attached hydrogens (tertiary/aromatic N) is 1. The van der Waals surface area contributed by atoms with Crippen molar-refractivity contribution in [3.63, 3.8) is 0 Å². The summed E-state index contributed by atoms with van der Waals surface area (Å²) in [6, 6.07) is 12.5.